The summed E-state index contributed by atoms with van der Waals surface area (Å²) >= 11 is 0. The summed E-state index contributed by atoms with van der Waals surface area (Å²) in [7, 11) is 0. The molecule has 6 aromatic carbocycles. The molecule has 0 bridgehead atoms. The van der Waals surface area contributed by atoms with Crippen LogP contribution >= 0.6 is 0 Å². The van der Waals surface area contributed by atoms with Crippen molar-refractivity contribution in [2.45, 2.75) is 0 Å². The van der Waals surface area contributed by atoms with Gasteiger partial charge in [-0.25, -0.2) is 0 Å². The summed E-state index contributed by atoms with van der Waals surface area (Å²) in [5.74, 6) is 3.55. The van der Waals surface area contributed by atoms with E-state index >= 15 is 0 Å². The normalized spacial score (nSPS) is 13.3. The Hall–Kier alpha value is -5.22. The molecule has 3 aliphatic heterocycles. The van der Waals surface area contributed by atoms with Crippen molar-refractivity contribution in [1.82, 2.24) is 0 Å². The number of benzene rings is 6. The van der Waals surface area contributed by atoms with Crippen molar-refractivity contribution in [3.63, 3.8) is 0 Å². The van der Waals surface area contributed by atoms with Gasteiger partial charge in [0.05, 0.1) is 0 Å². The van der Waals surface area contributed by atoms with Gasteiger partial charge in [-0.05, 0) is 64.5 Å². The molecular weight excluding hydrogens is 489 g/mol. The number of ether oxygens (including phenoxy) is 2. The minimum atomic E-state index is -0.00372. The number of para-hydroxylation sites is 1. The number of hydrogen-bond acceptors (Lipinski definition) is 3. The van der Waals surface area contributed by atoms with Gasteiger partial charge in [0.1, 0.15) is 23.0 Å². The monoisotopic (exact) mass is 511 g/mol. The van der Waals surface area contributed by atoms with Crippen LogP contribution in [0.4, 0.5) is 17.1 Å². The third-order valence-electron chi connectivity index (χ3n) is 8.31. The van der Waals surface area contributed by atoms with Crippen LogP contribution in [0, 0.1) is 0 Å². The molecule has 0 N–H and O–H groups in total. The molecule has 0 spiro atoms. The minimum Gasteiger partial charge on any atom is -0.458 e. The van der Waals surface area contributed by atoms with Gasteiger partial charge in [0.15, 0.2) is 0 Å². The fourth-order valence-corrected chi connectivity index (χ4v) is 6.67. The number of hydrogen-bond donors (Lipinski definition) is 0. The van der Waals surface area contributed by atoms with Gasteiger partial charge < -0.3 is 14.4 Å². The third-order valence-corrected chi connectivity index (χ3v) is 8.31. The van der Waals surface area contributed by atoms with Crippen LogP contribution in [0.2, 0.25) is 0 Å². The van der Waals surface area contributed by atoms with E-state index in [2.05, 4.69) is 138 Å². The summed E-state index contributed by atoms with van der Waals surface area (Å²) < 4.78 is 13.8. The van der Waals surface area contributed by atoms with Gasteiger partial charge in [-0.15, -0.1) is 0 Å². The van der Waals surface area contributed by atoms with Crippen molar-refractivity contribution in [3.05, 3.63) is 133 Å². The van der Waals surface area contributed by atoms with Crippen LogP contribution in [0.5, 0.6) is 23.0 Å². The van der Waals surface area contributed by atoms with Crippen LogP contribution in [0.25, 0.3) is 22.3 Å². The standard InChI is InChI=1S/C36H22BNO2/c1-4-12-23(13-5-1)26-22-27(24-14-6-2-7-15-24)36-34-35(26)39-30-20-10-18-28-32(30)37(34)33-29(19-11-21-31(33)40-36)38(28)25-16-8-3-9-17-25/h1-22H. The molecule has 0 saturated heterocycles. The highest BCUT2D eigenvalue weighted by atomic mass is 16.5. The van der Waals surface area contributed by atoms with Crippen LogP contribution < -0.4 is 30.8 Å². The van der Waals surface area contributed by atoms with E-state index < -0.39 is 0 Å². The van der Waals surface area contributed by atoms with Crippen LogP contribution in [0.3, 0.4) is 0 Å². The predicted octanol–water partition coefficient (Wildman–Crippen LogP) is 7.53. The van der Waals surface area contributed by atoms with Gasteiger partial charge in [0.2, 0.25) is 0 Å². The first-order valence-corrected chi connectivity index (χ1v) is 13.7. The topological polar surface area (TPSA) is 21.7 Å². The molecule has 3 heterocycles. The molecule has 3 aliphatic rings. The lowest BCUT2D eigenvalue weighted by atomic mass is 9.33. The van der Waals surface area contributed by atoms with E-state index in [0.717, 1.165) is 67.8 Å². The lowest BCUT2D eigenvalue weighted by Gasteiger charge is -2.43. The Labute approximate surface area is 233 Å². The van der Waals surface area contributed by atoms with Crippen molar-refractivity contribution < 1.29 is 9.47 Å². The van der Waals surface area contributed by atoms with Crippen molar-refractivity contribution in [1.29, 1.82) is 0 Å². The van der Waals surface area contributed by atoms with Gasteiger partial charge >= 0.3 is 0 Å². The van der Waals surface area contributed by atoms with Gasteiger partial charge in [-0.1, -0.05) is 91.0 Å². The van der Waals surface area contributed by atoms with Crippen LogP contribution in [0.15, 0.2) is 133 Å². The van der Waals surface area contributed by atoms with Crippen molar-refractivity contribution in [2.75, 3.05) is 4.90 Å². The van der Waals surface area contributed by atoms with E-state index in [0.29, 0.717) is 0 Å². The highest BCUT2D eigenvalue weighted by molar-refractivity contribution is 7.00. The van der Waals surface area contributed by atoms with E-state index in [9.17, 15) is 0 Å². The molecule has 0 aliphatic carbocycles. The highest BCUT2D eigenvalue weighted by Gasteiger charge is 2.48. The summed E-state index contributed by atoms with van der Waals surface area (Å²) in [6.45, 7) is -0.00372. The first-order chi connectivity index (χ1) is 19.9. The maximum atomic E-state index is 6.90. The summed E-state index contributed by atoms with van der Waals surface area (Å²) in [6, 6.07) is 46.7. The van der Waals surface area contributed by atoms with Gasteiger partial charge in [-0.2, -0.15) is 0 Å². The summed E-state index contributed by atoms with van der Waals surface area (Å²) in [5, 5.41) is 0. The van der Waals surface area contributed by atoms with Crippen LogP contribution in [0.1, 0.15) is 0 Å². The molecular formula is C36H22BNO2. The molecule has 186 valence electrons. The van der Waals surface area contributed by atoms with Crippen molar-refractivity contribution in [2.24, 2.45) is 0 Å². The first kappa shape index (κ1) is 21.7. The average molecular weight is 511 g/mol. The van der Waals surface area contributed by atoms with Crippen LogP contribution in [-0.4, -0.2) is 6.71 Å². The highest BCUT2D eigenvalue weighted by Crippen LogP contribution is 2.50. The van der Waals surface area contributed by atoms with Gasteiger partial charge in [0.25, 0.3) is 6.71 Å². The molecule has 0 saturated carbocycles. The summed E-state index contributed by atoms with van der Waals surface area (Å²) in [5.41, 5.74) is 11.3. The number of rotatable bonds is 3. The zero-order valence-corrected chi connectivity index (χ0v) is 21.5. The maximum Gasteiger partial charge on any atom is 0.266 e. The second kappa shape index (κ2) is 8.14. The Kier molecular flexibility index (Phi) is 4.41. The SMILES string of the molecule is c1ccc(-c2cc(-c3ccccc3)c3c4c2Oc2cccc5c2B4c2c(cccc2N5c2ccccc2)O3)cc1. The molecule has 9 rings (SSSR count). The molecule has 0 radical (unpaired) electrons. The molecule has 6 aromatic rings. The van der Waals surface area contributed by atoms with E-state index in [1.165, 1.54) is 10.9 Å². The second-order valence-electron chi connectivity index (χ2n) is 10.5. The zero-order valence-electron chi connectivity index (χ0n) is 21.5. The summed E-state index contributed by atoms with van der Waals surface area (Å²) in [6.07, 6.45) is 0. The van der Waals surface area contributed by atoms with Crippen LogP contribution in [-0.2, 0) is 0 Å². The van der Waals surface area contributed by atoms with Gasteiger partial charge in [0, 0.05) is 33.7 Å². The first-order valence-electron chi connectivity index (χ1n) is 13.7. The van der Waals surface area contributed by atoms with E-state index in [1.54, 1.807) is 0 Å². The molecule has 3 nitrogen and oxygen atoms in total. The Morgan fingerprint density at radius 1 is 0.450 bits per heavy atom. The molecule has 0 atom stereocenters. The second-order valence-corrected chi connectivity index (χ2v) is 10.5. The Balaban J connectivity index is 1.40. The molecule has 0 fully saturated rings. The fourth-order valence-electron chi connectivity index (χ4n) is 6.67. The van der Waals surface area contributed by atoms with E-state index in [4.69, 9.17) is 9.47 Å². The van der Waals surface area contributed by atoms with E-state index in [1.807, 2.05) is 0 Å². The number of nitrogens with zero attached hydrogens (tertiary/aromatic N) is 1. The number of anilines is 3. The molecule has 40 heavy (non-hydrogen) atoms. The molecule has 0 amide bonds. The van der Waals surface area contributed by atoms with Crippen molar-refractivity contribution >= 4 is 40.2 Å². The molecule has 4 heteroatoms. The smallest absolute Gasteiger partial charge is 0.266 e. The Morgan fingerprint density at radius 2 is 0.925 bits per heavy atom. The summed E-state index contributed by atoms with van der Waals surface area (Å²) in [4.78, 5) is 2.34. The predicted molar refractivity (Wildman–Crippen MR) is 163 cm³/mol. The molecule has 0 aromatic heterocycles. The van der Waals surface area contributed by atoms with Gasteiger partial charge in [-0.3, -0.25) is 0 Å². The van der Waals surface area contributed by atoms with E-state index in [-0.39, 0.29) is 6.71 Å². The zero-order chi connectivity index (χ0) is 26.2. The molecule has 0 unspecified atom stereocenters. The van der Waals surface area contributed by atoms with Crippen molar-refractivity contribution in [3.8, 4) is 45.3 Å². The average Bonchev–Trinajstić information content (AvgIpc) is 3.02. The maximum absolute atomic E-state index is 6.90. The lowest BCUT2D eigenvalue weighted by Crippen LogP contribution is -2.61. The quantitative estimate of drug-likeness (QED) is 0.229. The lowest BCUT2D eigenvalue weighted by molar-refractivity contribution is 0.466. The fraction of sp³-hybridized carbons (Fsp3) is 0. The minimum absolute atomic E-state index is 0.00372. The Morgan fingerprint density at radius 3 is 1.43 bits per heavy atom. The third kappa shape index (κ3) is 2.90. The Bertz CT molecular complexity index is 1840. The largest absolute Gasteiger partial charge is 0.458 e.